The van der Waals surface area contributed by atoms with Gasteiger partial charge in [-0.2, -0.15) is 4.98 Å². The third-order valence-corrected chi connectivity index (χ3v) is 4.21. The SMILES string of the molecule is Cc1cc(Cc2nc(-c3cccc(CN4CCCC4=O)c3)no2)no1. The molecule has 1 aliphatic heterocycles. The van der Waals surface area contributed by atoms with E-state index < -0.39 is 0 Å². The highest BCUT2D eigenvalue weighted by atomic mass is 16.5. The molecule has 0 bridgehead atoms. The molecule has 3 aromatic rings. The molecule has 0 saturated carbocycles. The lowest BCUT2D eigenvalue weighted by molar-refractivity contribution is -0.128. The number of hydrogen-bond acceptors (Lipinski definition) is 6. The second-order valence-corrected chi connectivity index (χ2v) is 6.24. The van der Waals surface area contributed by atoms with Gasteiger partial charge in [-0.3, -0.25) is 4.79 Å². The molecular formula is C18H18N4O3. The maximum Gasteiger partial charge on any atom is 0.233 e. The number of amides is 1. The molecule has 25 heavy (non-hydrogen) atoms. The highest BCUT2D eigenvalue weighted by Crippen LogP contribution is 2.21. The third kappa shape index (κ3) is 3.45. The molecule has 0 spiro atoms. The van der Waals surface area contributed by atoms with E-state index in [4.69, 9.17) is 9.05 Å². The van der Waals surface area contributed by atoms with E-state index in [0.717, 1.165) is 35.5 Å². The van der Waals surface area contributed by atoms with Crippen molar-refractivity contribution in [2.75, 3.05) is 6.54 Å². The Labute approximate surface area is 144 Å². The largest absolute Gasteiger partial charge is 0.361 e. The van der Waals surface area contributed by atoms with Gasteiger partial charge >= 0.3 is 0 Å². The van der Waals surface area contributed by atoms with Crippen LogP contribution in [0.1, 0.15) is 35.7 Å². The van der Waals surface area contributed by atoms with Crippen molar-refractivity contribution in [2.45, 2.75) is 32.7 Å². The van der Waals surface area contributed by atoms with Gasteiger partial charge in [-0.1, -0.05) is 28.5 Å². The summed E-state index contributed by atoms with van der Waals surface area (Å²) in [6.07, 6.45) is 2.02. The number of carbonyl (C=O) groups is 1. The van der Waals surface area contributed by atoms with E-state index in [-0.39, 0.29) is 5.91 Å². The molecule has 0 unspecified atom stereocenters. The first-order chi connectivity index (χ1) is 12.2. The van der Waals surface area contributed by atoms with Crippen molar-refractivity contribution in [3.05, 3.63) is 53.2 Å². The lowest BCUT2D eigenvalue weighted by Gasteiger charge is -2.15. The molecule has 2 aromatic heterocycles. The van der Waals surface area contributed by atoms with E-state index in [9.17, 15) is 4.79 Å². The Bertz CT molecular complexity index is 899. The van der Waals surface area contributed by atoms with Gasteiger partial charge in [0.05, 0.1) is 12.1 Å². The van der Waals surface area contributed by atoms with Crippen molar-refractivity contribution in [2.24, 2.45) is 0 Å². The normalized spacial score (nSPS) is 14.4. The summed E-state index contributed by atoms with van der Waals surface area (Å²) in [7, 11) is 0. The Morgan fingerprint density at radius 2 is 2.12 bits per heavy atom. The molecule has 1 amide bonds. The zero-order valence-electron chi connectivity index (χ0n) is 13.9. The van der Waals surface area contributed by atoms with Gasteiger partial charge in [-0.15, -0.1) is 0 Å². The second-order valence-electron chi connectivity index (χ2n) is 6.24. The molecule has 7 heteroatoms. The topological polar surface area (TPSA) is 85.3 Å². The van der Waals surface area contributed by atoms with Gasteiger partial charge in [0.2, 0.25) is 17.6 Å². The van der Waals surface area contributed by atoms with Gasteiger partial charge in [-0.05, 0) is 25.0 Å². The van der Waals surface area contributed by atoms with E-state index >= 15 is 0 Å². The zero-order chi connectivity index (χ0) is 17.2. The molecule has 4 rings (SSSR count). The quantitative estimate of drug-likeness (QED) is 0.711. The Morgan fingerprint density at radius 3 is 2.88 bits per heavy atom. The molecule has 128 valence electrons. The fourth-order valence-corrected chi connectivity index (χ4v) is 3.00. The summed E-state index contributed by atoms with van der Waals surface area (Å²) < 4.78 is 10.4. The Morgan fingerprint density at radius 1 is 1.20 bits per heavy atom. The van der Waals surface area contributed by atoms with Crippen molar-refractivity contribution in [3.8, 4) is 11.4 Å². The molecule has 0 radical (unpaired) electrons. The van der Waals surface area contributed by atoms with E-state index in [0.29, 0.717) is 31.1 Å². The molecule has 1 aromatic carbocycles. The number of nitrogens with zero attached hydrogens (tertiary/aromatic N) is 4. The van der Waals surface area contributed by atoms with Gasteiger partial charge in [-0.25, -0.2) is 0 Å². The molecule has 0 aliphatic carbocycles. The van der Waals surface area contributed by atoms with Crippen LogP contribution in [-0.2, 0) is 17.8 Å². The molecule has 0 N–H and O–H groups in total. The number of aryl methyl sites for hydroxylation is 1. The van der Waals surface area contributed by atoms with Crippen molar-refractivity contribution >= 4 is 5.91 Å². The summed E-state index contributed by atoms with van der Waals surface area (Å²) in [6.45, 7) is 3.29. The van der Waals surface area contributed by atoms with Crippen molar-refractivity contribution in [1.29, 1.82) is 0 Å². The average molecular weight is 338 g/mol. The summed E-state index contributed by atoms with van der Waals surface area (Å²) in [5, 5.41) is 7.98. The van der Waals surface area contributed by atoms with Gasteiger partial charge < -0.3 is 13.9 Å². The number of benzene rings is 1. The van der Waals surface area contributed by atoms with E-state index in [2.05, 4.69) is 15.3 Å². The zero-order valence-corrected chi connectivity index (χ0v) is 13.9. The monoisotopic (exact) mass is 338 g/mol. The minimum atomic E-state index is 0.218. The summed E-state index contributed by atoms with van der Waals surface area (Å²) in [5.74, 6) is 1.99. The van der Waals surface area contributed by atoms with Crippen LogP contribution in [0.4, 0.5) is 0 Å². The number of carbonyl (C=O) groups excluding carboxylic acids is 1. The Hall–Kier alpha value is -2.96. The minimum Gasteiger partial charge on any atom is -0.361 e. The van der Waals surface area contributed by atoms with Crippen LogP contribution >= 0.6 is 0 Å². The smallest absolute Gasteiger partial charge is 0.233 e. The first-order valence-corrected chi connectivity index (χ1v) is 8.29. The van der Waals surface area contributed by atoms with Crippen LogP contribution in [-0.4, -0.2) is 32.6 Å². The van der Waals surface area contributed by atoms with E-state index in [1.165, 1.54) is 0 Å². The van der Waals surface area contributed by atoms with Gasteiger partial charge in [0.25, 0.3) is 0 Å². The Kier molecular flexibility index (Phi) is 4.05. The maximum absolute atomic E-state index is 11.8. The summed E-state index contributed by atoms with van der Waals surface area (Å²) in [6, 6.07) is 9.73. The molecule has 1 saturated heterocycles. The fraction of sp³-hybridized carbons (Fsp3) is 0.333. The maximum atomic E-state index is 11.8. The molecule has 1 fully saturated rings. The van der Waals surface area contributed by atoms with Gasteiger partial charge in [0.15, 0.2) is 0 Å². The van der Waals surface area contributed by atoms with Gasteiger partial charge in [0, 0.05) is 31.1 Å². The molecular weight excluding hydrogens is 320 g/mol. The predicted octanol–water partition coefficient (Wildman–Crippen LogP) is 2.75. The molecule has 1 aliphatic rings. The van der Waals surface area contributed by atoms with Crippen LogP contribution in [0, 0.1) is 6.92 Å². The van der Waals surface area contributed by atoms with Crippen LogP contribution in [0.25, 0.3) is 11.4 Å². The predicted molar refractivity (Wildman–Crippen MR) is 88.4 cm³/mol. The third-order valence-electron chi connectivity index (χ3n) is 4.21. The lowest BCUT2D eigenvalue weighted by Crippen LogP contribution is -2.23. The van der Waals surface area contributed by atoms with Crippen LogP contribution in [0.15, 0.2) is 39.4 Å². The van der Waals surface area contributed by atoms with Crippen LogP contribution in [0.5, 0.6) is 0 Å². The van der Waals surface area contributed by atoms with E-state index in [1.54, 1.807) is 0 Å². The average Bonchev–Trinajstić information content (AvgIpc) is 3.32. The highest BCUT2D eigenvalue weighted by molar-refractivity contribution is 5.78. The number of aromatic nitrogens is 3. The molecule has 7 nitrogen and oxygen atoms in total. The van der Waals surface area contributed by atoms with Crippen molar-refractivity contribution < 1.29 is 13.8 Å². The summed E-state index contributed by atoms with van der Waals surface area (Å²) >= 11 is 0. The van der Waals surface area contributed by atoms with Crippen molar-refractivity contribution in [3.63, 3.8) is 0 Å². The van der Waals surface area contributed by atoms with Crippen LogP contribution in [0.2, 0.25) is 0 Å². The molecule has 3 heterocycles. The van der Waals surface area contributed by atoms with Crippen LogP contribution < -0.4 is 0 Å². The molecule has 0 atom stereocenters. The minimum absolute atomic E-state index is 0.218. The first-order valence-electron chi connectivity index (χ1n) is 8.29. The van der Waals surface area contributed by atoms with Gasteiger partial charge in [0.1, 0.15) is 5.76 Å². The number of hydrogen-bond donors (Lipinski definition) is 0. The summed E-state index contributed by atoms with van der Waals surface area (Å²) in [4.78, 5) is 18.1. The van der Waals surface area contributed by atoms with Crippen molar-refractivity contribution in [1.82, 2.24) is 20.2 Å². The lowest BCUT2D eigenvalue weighted by atomic mass is 10.1. The number of likely N-dealkylation sites (tertiary alicyclic amines) is 1. The highest BCUT2D eigenvalue weighted by Gasteiger charge is 2.20. The summed E-state index contributed by atoms with van der Waals surface area (Å²) in [5.41, 5.74) is 2.69. The number of rotatable bonds is 5. The fourth-order valence-electron chi connectivity index (χ4n) is 3.00. The van der Waals surface area contributed by atoms with Crippen LogP contribution in [0.3, 0.4) is 0 Å². The van der Waals surface area contributed by atoms with E-state index in [1.807, 2.05) is 42.2 Å². The standard InChI is InChI=1S/C18H18N4O3/c1-12-8-15(20-24-12)10-16-19-18(21-25-16)14-5-2-4-13(9-14)11-22-7-3-6-17(22)23/h2,4-5,8-9H,3,6-7,10-11H2,1H3. The second kappa shape index (κ2) is 6.51. The first kappa shape index (κ1) is 15.6. The Balaban J connectivity index is 1.50.